The third-order valence-electron chi connectivity index (χ3n) is 2.84. The first kappa shape index (κ1) is 16.0. The van der Waals surface area contributed by atoms with Gasteiger partial charge in [0.2, 0.25) is 0 Å². The summed E-state index contributed by atoms with van der Waals surface area (Å²) in [7, 11) is 1.59. The van der Waals surface area contributed by atoms with Gasteiger partial charge < -0.3 is 10.1 Å². The monoisotopic (exact) mass is 361 g/mol. The molecule has 0 saturated heterocycles. The molecule has 0 aromatic heterocycles. The van der Waals surface area contributed by atoms with Gasteiger partial charge in [-0.05, 0) is 18.2 Å². The molecule has 0 heterocycles. The van der Waals surface area contributed by atoms with E-state index in [0.717, 1.165) is 15.7 Å². The maximum absolute atomic E-state index is 11.8. The van der Waals surface area contributed by atoms with E-state index in [1.807, 2.05) is 48.5 Å². The molecule has 6 heteroatoms. The Bertz CT molecular complexity index is 674. The maximum atomic E-state index is 11.8. The van der Waals surface area contributed by atoms with Gasteiger partial charge >= 0.3 is 0 Å². The van der Waals surface area contributed by atoms with Crippen LogP contribution in [0.25, 0.3) is 0 Å². The van der Waals surface area contributed by atoms with Gasteiger partial charge in [0.1, 0.15) is 5.75 Å². The lowest BCUT2D eigenvalue weighted by atomic mass is 10.2. The van der Waals surface area contributed by atoms with Crippen molar-refractivity contribution >= 4 is 33.7 Å². The van der Waals surface area contributed by atoms with Crippen LogP contribution in [0, 0.1) is 0 Å². The third-order valence-corrected chi connectivity index (χ3v) is 3.57. The van der Waals surface area contributed by atoms with Crippen LogP contribution < -0.4 is 15.5 Å². The Morgan fingerprint density at radius 2 is 1.95 bits per heavy atom. The van der Waals surface area contributed by atoms with Crippen molar-refractivity contribution in [3.63, 3.8) is 0 Å². The average molecular weight is 362 g/mol. The number of ether oxygens (including phenoxy) is 1. The van der Waals surface area contributed by atoms with E-state index in [2.05, 4.69) is 31.8 Å². The summed E-state index contributed by atoms with van der Waals surface area (Å²) < 4.78 is 6.12. The molecule has 0 aliphatic carbocycles. The van der Waals surface area contributed by atoms with E-state index in [-0.39, 0.29) is 12.5 Å². The van der Waals surface area contributed by atoms with Gasteiger partial charge in [-0.25, -0.2) is 5.43 Å². The molecule has 0 aliphatic heterocycles. The Balaban J connectivity index is 1.85. The molecule has 2 N–H and O–H groups in total. The zero-order chi connectivity index (χ0) is 15.8. The fraction of sp³-hybridized carbons (Fsp3) is 0.125. The summed E-state index contributed by atoms with van der Waals surface area (Å²) in [5.74, 6) is 0.446. The fourth-order valence-electron chi connectivity index (χ4n) is 1.76. The lowest BCUT2D eigenvalue weighted by Gasteiger charge is -2.09. The van der Waals surface area contributed by atoms with Crippen LogP contribution >= 0.6 is 15.9 Å². The number of benzene rings is 2. The molecule has 0 radical (unpaired) electrons. The second-order valence-electron chi connectivity index (χ2n) is 4.37. The van der Waals surface area contributed by atoms with Gasteiger partial charge in [0.15, 0.2) is 0 Å². The van der Waals surface area contributed by atoms with Gasteiger partial charge in [0.05, 0.1) is 25.6 Å². The Morgan fingerprint density at radius 1 is 1.23 bits per heavy atom. The lowest BCUT2D eigenvalue weighted by molar-refractivity contribution is -0.119. The molecule has 1 amide bonds. The van der Waals surface area contributed by atoms with Gasteiger partial charge in [-0.1, -0.05) is 46.3 Å². The van der Waals surface area contributed by atoms with Crippen molar-refractivity contribution in [2.75, 3.05) is 19.0 Å². The molecule has 0 aliphatic rings. The van der Waals surface area contributed by atoms with Crippen LogP contribution in [0.1, 0.15) is 5.56 Å². The minimum Gasteiger partial charge on any atom is -0.495 e. The Hall–Kier alpha value is -2.34. The van der Waals surface area contributed by atoms with E-state index in [1.165, 1.54) is 0 Å². The van der Waals surface area contributed by atoms with Gasteiger partial charge in [-0.3, -0.25) is 4.79 Å². The number of carbonyl (C=O) groups excluding carboxylic acids is 1. The lowest BCUT2D eigenvalue weighted by Crippen LogP contribution is -2.26. The zero-order valence-corrected chi connectivity index (χ0v) is 13.6. The summed E-state index contributed by atoms with van der Waals surface area (Å²) in [6.45, 7) is 0.105. The quantitative estimate of drug-likeness (QED) is 0.613. The third kappa shape index (κ3) is 4.60. The summed E-state index contributed by atoms with van der Waals surface area (Å²) in [6, 6.07) is 15.0. The topological polar surface area (TPSA) is 62.7 Å². The van der Waals surface area contributed by atoms with Gasteiger partial charge in [-0.15, -0.1) is 0 Å². The van der Waals surface area contributed by atoms with Crippen LogP contribution in [0.3, 0.4) is 0 Å². The average Bonchev–Trinajstić information content (AvgIpc) is 2.55. The summed E-state index contributed by atoms with van der Waals surface area (Å²) in [4.78, 5) is 11.8. The van der Waals surface area contributed by atoms with E-state index in [1.54, 1.807) is 13.3 Å². The van der Waals surface area contributed by atoms with E-state index in [9.17, 15) is 4.79 Å². The van der Waals surface area contributed by atoms with Gasteiger partial charge in [0, 0.05) is 10.0 Å². The zero-order valence-electron chi connectivity index (χ0n) is 12.0. The van der Waals surface area contributed by atoms with Crippen molar-refractivity contribution in [1.29, 1.82) is 0 Å². The minimum atomic E-state index is -0.241. The number of para-hydroxylation sites is 2. The fourth-order valence-corrected chi connectivity index (χ4v) is 2.15. The minimum absolute atomic E-state index is 0.105. The maximum Gasteiger partial charge on any atom is 0.259 e. The number of hydrogen-bond donors (Lipinski definition) is 2. The Kier molecular flexibility index (Phi) is 5.97. The summed E-state index contributed by atoms with van der Waals surface area (Å²) in [5.41, 5.74) is 4.12. The first-order valence-electron chi connectivity index (χ1n) is 6.64. The number of nitrogens with one attached hydrogen (secondary N) is 2. The smallest absolute Gasteiger partial charge is 0.259 e. The molecular weight excluding hydrogens is 346 g/mol. The normalized spacial score (nSPS) is 10.5. The Morgan fingerprint density at radius 3 is 2.73 bits per heavy atom. The molecule has 0 spiro atoms. The second kappa shape index (κ2) is 8.19. The molecule has 0 fully saturated rings. The highest BCUT2D eigenvalue weighted by atomic mass is 79.9. The molecule has 0 saturated carbocycles. The summed E-state index contributed by atoms with van der Waals surface area (Å²) >= 11 is 3.41. The molecule has 2 aromatic carbocycles. The van der Waals surface area contributed by atoms with E-state index in [0.29, 0.717) is 5.75 Å². The summed E-state index contributed by atoms with van der Waals surface area (Å²) in [5, 5.41) is 6.94. The second-order valence-corrected chi connectivity index (χ2v) is 5.22. The number of methoxy groups -OCH3 is 1. The van der Waals surface area contributed by atoms with Crippen LogP contribution in [-0.2, 0) is 4.79 Å². The highest BCUT2D eigenvalue weighted by molar-refractivity contribution is 9.10. The summed E-state index contributed by atoms with van der Waals surface area (Å²) in [6.07, 6.45) is 1.59. The first-order valence-corrected chi connectivity index (χ1v) is 7.43. The number of nitrogens with zero attached hydrogens (tertiary/aromatic N) is 1. The van der Waals surface area contributed by atoms with Crippen molar-refractivity contribution in [1.82, 2.24) is 5.43 Å². The molecule has 2 rings (SSSR count). The van der Waals surface area contributed by atoms with Crippen molar-refractivity contribution in [3.8, 4) is 5.75 Å². The van der Waals surface area contributed by atoms with Crippen LogP contribution in [0.5, 0.6) is 5.75 Å². The van der Waals surface area contributed by atoms with Crippen molar-refractivity contribution < 1.29 is 9.53 Å². The number of hydrazone groups is 1. The first-order chi connectivity index (χ1) is 10.7. The number of anilines is 1. The van der Waals surface area contributed by atoms with Gasteiger partial charge in [-0.2, -0.15) is 5.10 Å². The predicted octanol–water partition coefficient (Wildman–Crippen LogP) is 3.02. The molecule has 5 nitrogen and oxygen atoms in total. The number of carbonyl (C=O) groups is 1. The SMILES string of the molecule is COc1ccccc1NCC(=O)NN=Cc1ccccc1Br. The van der Waals surface area contributed by atoms with Gasteiger partial charge in [0.25, 0.3) is 5.91 Å². The largest absolute Gasteiger partial charge is 0.495 e. The number of halogens is 1. The molecular formula is C16H16BrN3O2. The molecule has 114 valence electrons. The van der Waals surface area contributed by atoms with E-state index in [4.69, 9.17) is 4.74 Å². The molecule has 0 bridgehead atoms. The van der Waals surface area contributed by atoms with Crippen LogP contribution in [0.4, 0.5) is 5.69 Å². The molecule has 0 atom stereocenters. The molecule has 2 aromatic rings. The molecule has 0 unspecified atom stereocenters. The number of hydrogen-bond acceptors (Lipinski definition) is 4. The highest BCUT2D eigenvalue weighted by Crippen LogP contribution is 2.22. The van der Waals surface area contributed by atoms with E-state index < -0.39 is 0 Å². The van der Waals surface area contributed by atoms with Crippen LogP contribution in [-0.4, -0.2) is 25.8 Å². The Labute approximate surface area is 137 Å². The van der Waals surface area contributed by atoms with Crippen LogP contribution in [0.15, 0.2) is 58.1 Å². The van der Waals surface area contributed by atoms with E-state index >= 15 is 0 Å². The standard InChI is InChI=1S/C16H16BrN3O2/c1-22-15-9-5-4-8-14(15)18-11-16(21)20-19-10-12-6-2-3-7-13(12)17/h2-10,18H,11H2,1H3,(H,20,21). The molecule has 22 heavy (non-hydrogen) atoms. The number of amides is 1. The van der Waals surface area contributed by atoms with Crippen molar-refractivity contribution in [2.24, 2.45) is 5.10 Å². The predicted molar refractivity (Wildman–Crippen MR) is 91.4 cm³/mol. The number of rotatable bonds is 6. The van der Waals surface area contributed by atoms with Crippen molar-refractivity contribution in [3.05, 3.63) is 58.6 Å². The van der Waals surface area contributed by atoms with Crippen LogP contribution in [0.2, 0.25) is 0 Å². The highest BCUT2D eigenvalue weighted by Gasteiger charge is 2.03. The van der Waals surface area contributed by atoms with Crippen molar-refractivity contribution in [2.45, 2.75) is 0 Å².